The number of nitrogens with one attached hydrogen (secondary N) is 2. The lowest BCUT2D eigenvalue weighted by atomic mass is 10.2. The van der Waals surface area contributed by atoms with Crippen molar-refractivity contribution in [1.82, 2.24) is 14.5 Å². The van der Waals surface area contributed by atoms with E-state index < -0.39 is 10.0 Å². The highest BCUT2D eigenvalue weighted by Crippen LogP contribution is 2.16. The van der Waals surface area contributed by atoms with Crippen LogP contribution in [0.1, 0.15) is 18.5 Å². The molecule has 1 aromatic heterocycles. The number of nitrogens with zero attached hydrogens (tertiary/aromatic N) is 2. The van der Waals surface area contributed by atoms with E-state index in [-0.39, 0.29) is 11.2 Å². The van der Waals surface area contributed by atoms with Crippen LogP contribution in [0.3, 0.4) is 0 Å². The first-order valence-electron chi connectivity index (χ1n) is 9.34. The Kier molecular flexibility index (Phi) is 8.03. The highest BCUT2D eigenvalue weighted by molar-refractivity contribution is 7.92. The van der Waals surface area contributed by atoms with Crippen molar-refractivity contribution in [2.24, 2.45) is 14.1 Å². The molecule has 0 unspecified atom stereocenters. The van der Waals surface area contributed by atoms with E-state index >= 15 is 0 Å². The van der Waals surface area contributed by atoms with Crippen LogP contribution >= 0.6 is 0 Å². The highest BCUT2D eigenvalue weighted by Gasteiger charge is 2.05. The molecular weight excluding hydrogens is 396 g/mol. The van der Waals surface area contributed by atoms with Crippen molar-refractivity contribution in [1.29, 1.82) is 0 Å². The van der Waals surface area contributed by atoms with Crippen molar-refractivity contribution in [3.63, 3.8) is 0 Å². The van der Waals surface area contributed by atoms with Crippen molar-refractivity contribution in [2.75, 3.05) is 30.7 Å². The van der Waals surface area contributed by atoms with Gasteiger partial charge in [-0.25, -0.2) is 13.2 Å². The van der Waals surface area contributed by atoms with E-state index in [4.69, 9.17) is 4.74 Å². The van der Waals surface area contributed by atoms with Crippen molar-refractivity contribution in [3.05, 3.63) is 56.9 Å². The van der Waals surface area contributed by atoms with Crippen LogP contribution in [-0.4, -0.2) is 43.5 Å². The van der Waals surface area contributed by atoms with E-state index in [1.54, 1.807) is 31.3 Å². The summed E-state index contributed by atoms with van der Waals surface area (Å²) >= 11 is 0. The van der Waals surface area contributed by atoms with Crippen molar-refractivity contribution >= 4 is 15.7 Å². The number of anilines is 1. The number of aryl methyl sites for hydroxylation is 1. The van der Waals surface area contributed by atoms with Gasteiger partial charge in [-0.05, 0) is 56.6 Å². The number of hydrogen-bond acceptors (Lipinski definition) is 6. The Balaban J connectivity index is 1.62. The third-order valence-electron chi connectivity index (χ3n) is 4.34. The summed E-state index contributed by atoms with van der Waals surface area (Å²) in [5, 5.41) is 3.31. The van der Waals surface area contributed by atoms with Crippen LogP contribution in [0, 0.1) is 0 Å². The predicted molar refractivity (Wildman–Crippen MR) is 113 cm³/mol. The molecule has 2 N–H and O–H groups in total. The van der Waals surface area contributed by atoms with Crippen LogP contribution in [-0.2, 0) is 30.5 Å². The first-order chi connectivity index (χ1) is 13.7. The maximum Gasteiger partial charge on any atom is 0.330 e. The number of benzene rings is 1. The molecule has 0 aliphatic rings. The molecule has 1 heterocycles. The van der Waals surface area contributed by atoms with Gasteiger partial charge in [0, 0.05) is 31.5 Å². The SMILES string of the molecule is Cn1c(CCCNCCCOc2ccc(NS(C)(=O)=O)cc2)cc(=O)n(C)c1=O. The van der Waals surface area contributed by atoms with E-state index in [1.807, 2.05) is 0 Å². The fraction of sp³-hybridized carbons (Fsp3) is 0.474. The number of aromatic nitrogens is 2. The lowest BCUT2D eigenvalue weighted by Gasteiger charge is -2.10. The van der Waals surface area contributed by atoms with Crippen LogP contribution in [0.25, 0.3) is 0 Å². The lowest BCUT2D eigenvalue weighted by Crippen LogP contribution is -2.38. The molecule has 0 aliphatic carbocycles. The molecule has 2 aromatic rings. The lowest BCUT2D eigenvalue weighted by molar-refractivity contribution is 0.308. The number of rotatable bonds is 11. The molecule has 0 bridgehead atoms. The van der Waals surface area contributed by atoms with Crippen molar-refractivity contribution in [2.45, 2.75) is 19.3 Å². The molecule has 0 fully saturated rings. The van der Waals surface area contributed by atoms with E-state index in [1.165, 1.54) is 17.7 Å². The molecule has 1 aromatic carbocycles. The number of hydrogen-bond donors (Lipinski definition) is 2. The average molecular weight is 425 g/mol. The van der Waals surface area contributed by atoms with E-state index in [0.717, 1.165) is 42.4 Å². The Bertz CT molecular complexity index is 1030. The fourth-order valence-corrected chi connectivity index (χ4v) is 3.32. The van der Waals surface area contributed by atoms with Gasteiger partial charge in [-0.3, -0.25) is 14.1 Å². The second kappa shape index (κ2) is 10.3. The molecule has 0 radical (unpaired) electrons. The Hall–Kier alpha value is -2.59. The Morgan fingerprint density at radius 1 is 1.00 bits per heavy atom. The minimum absolute atomic E-state index is 0.284. The normalized spacial score (nSPS) is 11.4. The Labute approximate surface area is 170 Å². The van der Waals surface area contributed by atoms with Crippen LogP contribution in [0.5, 0.6) is 5.75 Å². The maximum absolute atomic E-state index is 11.9. The van der Waals surface area contributed by atoms with Crippen LogP contribution in [0.2, 0.25) is 0 Å². The summed E-state index contributed by atoms with van der Waals surface area (Å²) < 4.78 is 33.0. The molecule has 0 saturated carbocycles. The van der Waals surface area contributed by atoms with Gasteiger partial charge in [0.2, 0.25) is 10.0 Å². The zero-order valence-electron chi connectivity index (χ0n) is 17.0. The monoisotopic (exact) mass is 424 g/mol. The molecule has 2 rings (SSSR count). The predicted octanol–water partition coefficient (Wildman–Crippen LogP) is 0.447. The van der Waals surface area contributed by atoms with Crippen molar-refractivity contribution in [3.8, 4) is 5.75 Å². The molecule has 160 valence electrons. The third-order valence-corrected chi connectivity index (χ3v) is 4.94. The topological polar surface area (TPSA) is 111 Å². The third kappa shape index (κ3) is 7.39. The largest absolute Gasteiger partial charge is 0.494 e. The van der Waals surface area contributed by atoms with Gasteiger partial charge in [0.25, 0.3) is 5.56 Å². The molecular formula is C19H28N4O5S. The number of ether oxygens (including phenoxy) is 1. The van der Waals surface area contributed by atoms with Gasteiger partial charge in [-0.1, -0.05) is 0 Å². The van der Waals surface area contributed by atoms with Gasteiger partial charge in [0.05, 0.1) is 12.9 Å². The zero-order chi connectivity index (χ0) is 21.4. The van der Waals surface area contributed by atoms with Gasteiger partial charge in [-0.2, -0.15) is 0 Å². The summed E-state index contributed by atoms with van der Waals surface area (Å²) in [5.41, 5.74) is 0.637. The summed E-state index contributed by atoms with van der Waals surface area (Å²) in [7, 11) is -0.138. The van der Waals surface area contributed by atoms with E-state index in [2.05, 4.69) is 10.0 Å². The second-order valence-electron chi connectivity index (χ2n) is 6.83. The van der Waals surface area contributed by atoms with E-state index in [0.29, 0.717) is 24.5 Å². The smallest absolute Gasteiger partial charge is 0.330 e. The average Bonchev–Trinajstić information content (AvgIpc) is 2.66. The minimum Gasteiger partial charge on any atom is -0.494 e. The van der Waals surface area contributed by atoms with E-state index in [9.17, 15) is 18.0 Å². The van der Waals surface area contributed by atoms with Gasteiger partial charge >= 0.3 is 5.69 Å². The Morgan fingerprint density at radius 2 is 1.66 bits per heavy atom. The summed E-state index contributed by atoms with van der Waals surface area (Å²) in [4.78, 5) is 23.6. The minimum atomic E-state index is -3.28. The Morgan fingerprint density at radius 3 is 2.31 bits per heavy atom. The quantitative estimate of drug-likeness (QED) is 0.507. The van der Waals surface area contributed by atoms with Gasteiger partial charge in [0.1, 0.15) is 5.75 Å². The maximum atomic E-state index is 11.9. The second-order valence-corrected chi connectivity index (χ2v) is 8.58. The van der Waals surface area contributed by atoms with Crippen LogP contribution < -0.4 is 26.0 Å². The molecule has 0 amide bonds. The molecule has 0 spiro atoms. The van der Waals surface area contributed by atoms with Gasteiger partial charge in [-0.15, -0.1) is 0 Å². The molecule has 0 aliphatic heterocycles. The summed E-state index contributed by atoms with van der Waals surface area (Å²) in [6.45, 7) is 2.09. The highest BCUT2D eigenvalue weighted by atomic mass is 32.2. The summed E-state index contributed by atoms with van der Waals surface area (Å²) in [6, 6.07) is 8.24. The molecule has 0 atom stereocenters. The zero-order valence-corrected chi connectivity index (χ0v) is 17.8. The van der Waals surface area contributed by atoms with Crippen molar-refractivity contribution < 1.29 is 13.2 Å². The van der Waals surface area contributed by atoms with Crippen LogP contribution in [0.4, 0.5) is 5.69 Å². The first kappa shape index (κ1) is 22.7. The first-order valence-corrected chi connectivity index (χ1v) is 11.2. The molecule has 10 heteroatoms. The summed E-state index contributed by atoms with van der Waals surface area (Å²) in [5.74, 6) is 0.677. The number of sulfonamides is 1. The van der Waals surface area contributed by atoms with Gasteiger partial charge in [0.15, 0.2) is 0 Å². The summed E-state index contributed by atoms with van der Waals surface area (Å²) in [6.07, 6.45) is 3.38. The molecule has 29 heavy (non-hydrogen) atoms. The molecule has 9 nitrogen and oxygen atoms in total. The van der Waals surface area contributed by atoms with Gasteiger partial charge < -0.3 is 14.6 Å². The van der Waals surface area contributed by atoms with Crippen LogP contribution in [0.15, 0.2) is 39.9 Å². The fourth-order valence-electron chi connectivity index (χ4n) is 2.76. The standard InChI is InChI=1S/C19H28N4O5S/c1-22-16(14-18(24)23(2)19(22)25)6-4-11-20-12-5-13-28-17-9-7-15(8-10-17)21-29(3,26)27/h7-10,14,20-21H,4-6,11-13H2,1-3H3. The molecule has 0 saturated heterocycles.